The van der Waals surface area contributed by atoms with Gasteiger partial charge >= 0.3 is 11.9 Å². The van der Waals surface area contributed by atoms with Gasteiger partial charge in [0.1, 0.15) is 12.2 Å². The molecule has 94 valence electrons. The lowest BCUT2D eigenvalue weighted by Gasteiger charge is -2.07. The highest BCUT2D eigenvalue weighted by Crippen LogP contribution is 2.25. The predicted octanol–water partition coefficient (Wildman–Crippen LogP) is 0.761. The van der Waals surface area contributed by atoms with Crippen molar-refractivity contribution < 1.29 is 22.9 Å². The summed E-state index contributed by atoms with van der Waals surface area (Å²) in [6.45, 7) is -0.489. The van der Waals surface area contributed by atoms with Crippen LogP contribution in [0.2, 0.25) is 0 Å². The molecule has 0 aliphatic carbocycles. The number of aromatic nitrogens is 2. The number of halogens is 3. The quantitative estimate of drug-likeness (QED) is 0.633. The van der Waals surface area contributed by atoms with Crippen LogP contribution in [0.5, 0.6) is 0 Å². The predicted molar refractivity (Wildman–Crippen MR) is 48.2 cm³/mol. The van der Waals surface area contributed by atoms with E-state index in [9.17, 15) is 28.1 Å². The summed E-state index contributed by atoms with van der Waals surface area (Å²) in [5, 5.41) is 13.9. The maximum Gasteiger partial charge on any atom is 0.408 e. The summed E-state index contributed by atoms with van der Waals surface area (Å²) in [5.74, 6) is -1.33. The second-order valence-corrected chi connectivity index (χ2v) is 3.18. The van der Waals surface area contributed by atoms with Crippen LogP contribution in [-0.4, -0.2) is 26.8 Å². The molecule has 7 nitrogen and oxygen atoms in total. The maximum atomic E-state index is 12.1. The number of hydrogen-bond donors (Lipinski definition) is 1. The summed E-state index contributed by atoms with van der Waals surface area (Å²) >= 11 is 0. The molecule has 1 rings (SSSR count). The molecule has 1 amide bonds. The Balaban J connectivity index is 3.37. The van der Waals surface area contributed by atoms with Crippen molar-refractivity contribution in [2.24, 2.45) is 5.73 Å². The van der Waals surface area contributed by atoms with Crippen molar-refractivity contribution in [3.05, 3.63) is 21.5 Å². The number of amides is 1. The van der Waals surface area contributed by atoms with Gasteiger partial charge in [0.15, 0.2) is 0 Å². The minimum atomic E-state index is -4.66. The van der Waals surface area contributed by atoms with Gasteiger partial charge in [-0.05, 0) is 6.92 Å². The van der Waals surface area contributed by atoms with Crippen LogP contribution < -0.4 is 5.73 Å². The van der Waals surface area contributed by atoms with Gasteiger partial charge in [0.25, 0.3) is 5.91 Å². The Morgan fingerprint density at radius 1 is 1.59 bits per heavy atom. The van der Waals surface area contributed by atoms with Crippen LogP contribution in [0.1, 0.15) is 16.2 Å². The second kappa shape index (κ2) is 4.03. The first kappa shape index (κ1) is 12.9. The van der Waals surface area contributed by atoms with Crippen LogP contribution >= 0.6 is 0 Å². The van der Waals surface area contributed by atoms with Gasteiger partial charge in [-0.25, -0.2) is 4.68 Å². The Morgan fingerprint density at radius 3 is 2.47 bits per heavy atom. The minimum absolute atomic E-state index is 0.190. The van der Waals surface area contributed by atoms with Crippen molar-refractivity contribution in [1.82, 2.24) is 9.78 Å². The molecule has 0 bridgehead atoms. The van der Waals surface area contributed by atoms with Gasteiger partial charge in [0.2, 0.25) is 5.69 Å². The number of carbonyl (C=O) groups is 1. The van der Waals surface area contributed by atoms with E-state index in [1.807, 2.05) is 0 Å². The first-order valence-electron chi connectivity index (χ1n) is 4.22. The van der Waals surface area contributed by atoms with E-state index in [2.05, 4.69) is 5.10 Å². The number of rotatable bonds is 3. The monoisotopic (exact) mass is 252 g/mol. The Hall–Kier alpha value is -2.13. The van der Waals surface area contributed by atoms with Crippen molar-refractivity contribution in [2.75, 3.05) is 0 Å². The Kier molecular flexibility index (Phi) is 3.07. The molecule has 0 aliphatic heterocycles. The van der Waals surface area contributed by atoms with Crippen LogP contribution in [-0.2, 0) is 6.54 Å². The van der Waals surface area contributed by atoms with Crippen molar-refractivity contribution in [3.8, 4) is 0 Å². The molecule has 0 atom stereocenters. The average molecular weight is 252 g/mol. The molecule has 17 heavy (non-hydrogen) atoms. The summed E-state index contributed by atoms with van der Waals surface area (Å²) in [7, 11) is 0. The molecule has 0 aromatic carbocycles. The van der Waals surface area contributed by atoms with E-state index in [0.29, 0.717) is 0 Å². The lowest BCUT2D eigenvalue weighted by Crippen LogP contribution is -2.25. The maximum absolute atomic E-state index is 12.1. The molecule has 10 heteroatoms. The summed E-state index contributed by atoms with van der Waals surface area (Å²) in [4.78, 5) is 20.5. The molecular formula is C7H7F3N4O3. The first-order valence-corrected chi connectivity index (χ1v) is 4.22. The summed E-state index contributed by atoms with van der Waals surface area (Å²) in [5.41, 5.74) is 2.86. The molecule has 0 radical (unpaired) electrons. The third-order valence-corrected chi connectivity index (χ3v) is 1.84. The normalized spacial score (nSPS) is 11.5. The first-order chi connectivity index (χ1) is 7.63. The Bertz CT molecular complexity index is 479. The molecule has 0 spiro atoms. The number of nitro groups is 1. The van der Waals surface area contributed by atoms with Crippen LogP contribution in [0.15, 0.2) is 0 Å². The summed E-state index contributed by atoms with van der Waals surface area (Å²) in [6, 6.07) is 0. The van der Waals surface area contributed by atoms with Gasteiger partial charge in [-0.3, -0.25) is 14.9 Å². The van der Waals surface area contributed by atoms with E-state index in [-0.39, 0.29) is 10.4 Å². The van der Waals surface area contributed by atoms with Crippen LogP contribution in [0.3, 0.4) is 0 Å². The molecule has 0 saturated carbocycles. The van der Waals surface area contributed by atoms with Crippen molar-refractivity contribution in [2.45, 2.75) is 19.6 Å². The number of nitrogens with zero attached hydrogens (tertiary/aromatic N) is 3. The zero-order chi connectivity index (χ0) is 13.4. The number of carbonyl (C=O) groups excluding carboxylic acids is 1. The highest BCUT2D eigenvalue weighted by molar-refractivity contribution is 5.95. The SMILES string of the molecule is Cc1nn(CC(F)(F)F)c(C(N)=O)c1[N+](=O)[O-]. The molecule has 0 aliphatic rings. The third kappa shape index (κ3) is 2.71. The van der Waals surface area contributed by atoms with Crippen molar-refractivity contribution in [1.29, 1.82) is 0 Å². The van der Waals surface area contributed by atoms with Gasteiger partial charge in [-0.2, -0.15) is 18.3 Å². The van der Waals surface area contributed by atoms with Crippen LogP contribution in [0.25, 0.3) is 0 Å². The molecule has 1 aromatic heterocycles. The van der Waals surface area contributed by atoms with Crippen LogP contribution in [0.4, 0.5) is 18.9 Å². The van der Waals surface area contributed by atoms with E-state index in [4.69, 9.17) is 5.73 Å². The van der Waals surface area contributed by atoms with Gasteiger partial charge in [-0.1, -0.05) is 0 Å². The van der Waals surface area contributed by atoms with Gasteiger partial charge in [-0.15, -0.1) is 0 Å². The minimum Gasteiger partial charge on any atom is -0.364 e. The largest absolute Gasteiger partial charge is 0.408 e. The Morgan fingerprint density at radius 2 is 2.12 bits per heavy atom. The molecular weight excluding hydrogens is 245 g/mol. The van der Waals surface area contributed by atoms with E-state index in [0.717, 1.165) is 6.92 Å². The number of aryl methyl sites for hydroxylation is 1. The number of alkyl halides is 3. The molecule has 2 N–H and O–H groups in total. The Labute approximate surface area is 92.1 Å². The highest BCUT2D eigenvalue weighted by atomic mass is 19.4. The second-order valence-electron chi connectivity index (χ2n) is 3.18. The van der Waals surface area contributed by atoms with Gasteiger partial charge < -0.3 is 5.73 Å². The van der Waals surface area contributed by atoms with E-state index in [1.54, 1.807) is 0 Å². The van der Waals surface area contributed by atoms with Crippen molar-refractivity contribution in [3.63, 3.8) is 0 Å². The fourth-order valence-electron chi connectivity index (χ4n) is 1.32. The zero-order valence-electron chi connectivity index (χ0n) is 8.48. The fourth-order valence-corrected chi connectivity index (χ4v) is 1.32. The smallest absolute Gasteiger partial charge is 0.364 e. The molecule has 1 aromatic rings. The highest BCUT2D eigenvalue weighted by Gasteiger charge is 2.35. The fraction of sp³-hybridized carbons (Fsp3) is 0.429. The van der Waals surface area contributed by atoms with Gasteiger partial charge in [0, 0.05) is 0 Å². The van der Waals surface area contributed by atoms with E-state index in [1.165, 1.54) is 0 Å². The molecule has 1 heterocycles. The number of hydrogen-bond acceptors (Lipinski definition) is 4. The zero-order valence-corrected chi connectivity index (χ0v) is 8.48. The molecule has 0 unspecified atom stereocenters. The molecule has 0 fully saturated rings. The molecule has 0 saturated heterocycles. The standard InChI is InChI=1S/C7H7F3N4O3/c1-3-4(14(16)17)5(6(11)15)13(12-3)2-7(8,9)10/h2H2,1H3,(H2,11,15). The lowest BCUT2D eigenvalue weighted by molar-refractivity contribution is -0.385. The summed E-state index contributed by atoms with van der Waals surface area (Å²) in [6.07, 6.45) is -4.66. The summed E-state index contributed by atoms with van der Waals surface area (Å²) < 4.78 is 36.6. The van der Waals surface area contributed by atoms with Gasteiger partial charge in [0.05, 0.1) is 4.92 Å². The lowest BCUT2D eigenvalue weighted by atomic mass is 10.3. The van der Waals surface area contributed by atoms with E-state index >= 15 is 0 Å². The third-order valence-electron chi connectivity index (χ3n) is 1.84. The average Bonchev–Trinajstić information content (AvgIpc) is 2.38. The number of primary amides is 1. The van der Waals surface area contributed by atoms with Crippen molar-refractivity contribution >= 4 is 11.6 Å². The topological polar surface area (TPSA) is 104 Å². The van der Waals surface area contributed by atoms with E-state index < -0.39 is 34.9 Å². The van der Waals surface area contributed by atoms with Crippen LogP contribution in [0, 0.1) is 17.0 Å². The number of nitrogens with two attached hydrogens (primary N) is 1.